The van der Waals surface area contributed by atoms with Gasteiger partial charge in [0.2, 0.25) is 0 Å². The fourth-order valence-electron chi connectivity index (χ4n) is 0.893. The molecular formula is C8H6F2INO2. The molecule has 1 aromatic rings. The van der Waals surface area contributed by atoms with E-state index in [0.29, 0.717) is 9.26 Å². The summed E-state index contributed by atoms with van der Waals surface area (Å²) in [5, 5.41) is 8.49. The predicted molar refractivity (Wildman–Crippen MR) is 53.3 cm³/mol. The molecule has 6 heteroatoms. The Balaban J connectivity index is 2.95. The number of alkyl halides is 2. The van der Waals surface area contributed by atoms with Crippen LogP contribution in [0.25, 0.3) is 0 Å². The lowest BCUT2D eigenvalue weighted by molar-refractivity contribution is -0.136. The number of carbonyl (C=O) groups is 1. The second kappa shape index (κ2) is 4.63. The fourth-order valence-corrected chi connectivity index (χ4v) is 1.54. The van der Waals surface area contributed by atoms with Crippen LogP contribution in [0.2, 0.25) is 0 Å². The van der Waals surface area contributed by atoms with Crippen molar-refractivity contribution in [1.29, 1.82) is 0 Å². The Bertz CT molecular complexity index is 357. The molecular weight excluding hydrogens is 307 g/mol. The second-order valence-corrected chi connectivity index (χ2v) is 3.58. The molecule has 0 saturated heterocycles. The number of pyridine rings is 1. The van der Waals surface area contributed by atoms with E-state index in [1.54, 1.807) is 22.6 Å². The molecule has 0 aromatic carbocycles. The Labute approximate surface area is 92.3 Å². The largest absolute Gasteiger partial charge is 0.481 e. The van der Waals surface area contributed by atoms with Crippen LogP contribution in [0, 0.1) is 3.70 Å². The predicted octanol–water partition coefficient (Wildman–Crippen LogP) is 2.25. The van der Waals surface area contributed by atoms with E-state index in [9.17, 15) is 13.6 Å². The maximum absolute atomic E-state index is 12.2. The van der Waals surface area contributed by atoms with Gasteiger partial charge in [0.1, 0.15) is 9.39 Å². The van der Waals surface area contributed by atoms with Gasteiger partial charge < -0.3 is 5.11 Å². The molecule has 0 fully saturated rings. The van der Waals surface area contributed by atoms with Crippen molar-refractivity contribution in [1.82, 2.24) is 4.98 Å². The van der Waals surface area contributed by atoms with Crippen molar-refractivity contribution in [2.24, 2.45) is 0 Å². The zero-order chi connectivity index (χ0) is 10.7. The number of carboxylic acid groups (broad SMARTS) is 1. The zero-order valence-corrected chi connectivity index (χ0v) is 9.03. The van der Waals surface area contributed by atoms with Crippen LogP contribution in [0.5, 0.6) is 0 Å². The van der Waals surface area contributed by atoms with Crippen LogP contribution in [0.1, 0.15) is 17.7 Å². The third kappa shape index (κ3) is 2.86. The molecule has 76 valence electrons. The van der Waals surface area contributed by atoms with E-state index < -0.39 is 12.4 Å². The van der Waals surface area contributed by atoms with Gasteiger partial charge in [-0.1, -0.05) is 6.07 Å². The summed E-state index contributed by atoms with van der Waals surface area (Å²) < 4.78 is 24.6. The number of carboxylic acids is 1. The highest BCUT2D eigenvalue weighted by Gasteiger charge is 2.12. The second-order valence-electron chi connectivity index (χ2n) is 2.56. The lowest BCUT2D eigenvalue weighted by Gasteiger charge is -2.03. The van der Waals surface area contributed by atoms with E-state index in [4.69, 9.17) is 5.11 Å². The molecule has 1 N–H and O–H groups in total. The van der Waals surface area contributed by atoms with E-state index >= 15 is 0 Å². The summed E-state index contributed by atoms with van der Waals surface area (Å²) in [6, 6.07) is 2.51. The van der Waals surface area contributed by atoms with Crippen LogP contribution in [0.15, 0.2) is 12.1 Å². The van der Waals surface area contributed by atoms with Crippen LogP contribution in [-0.4, -0.2) is 16.1 Å². The average molecular weight is 313 g/mol. The molecule has 0 aliphatic carbocycles. The van der Waals surface area contributed by atoms with Gasteiger partial charge in [-0.15, -0.1) is 0 Å². The highest BCUT2D eigenvalue weighted by atomic mass is 127. The first-order chi connectivity index (χ1) is 6.50. The van der Waals surface area contributed by atoms with Gasteiger partial charge in [0.15, 0.2) is 0 Å². The average Bonchev–Trinajstić information content (AvgIpc) is 2.07. The van der Waals surface area contributed by atoms with Crippen LogP contribution in [0.3, 0.4) is 0 Å². The Morgan fingerprint density at radius 2 is 2.21 bits per heavy atom. The zero-order valence-electron chi connectivity index (χ0n) is 6.88. The van der Waals surface area contributed by atoms with Crippen LogP contribution in [-0.2, 0) is 11.2 Å². The van der Waals surface area contributed by atoms with Gasteiger partial charge in [-0.3, -0.25) is 4.79 Å². The van der Waals surface area contributed by atoms with E-state index in [1.807, 2.05) is 0 Å². The third-order valence-electron chi connectivity index (χ3n) is 1.51. The topological polar surface area (TPSA) is 50.2 Å². The number of nitrogens with zero attached hydrogens (tertiary/aromatic N) is 1. The number of aromatic nitrogens is 1. The van der Waals surface area contributed by atoms with Gasteiger partial charge in [0.25, 0.3) is 6.43 Å². The number of aliphatic carboxylic acids is 1. The smallest absolute Gasteiger partial charge is 0.307 e. The minimum absolute atomic E-state index is 0.200. The summed E-state index contributed by atoms with van der Waals surface area (Å²) in [5.41, 5.74) is 0.117. The first kappa shape index (κ1) is 11.3. The molecule has 0 aliphatic rings. The number of rotatable bonds is 3. The highest BCUT2D eigenvalue weighted by Crippen LogP contribution is 2.19. The highest BCUT2D eigenvalue weighted by molar-refractivity contribution is 14.1. The van der Waals surface area contributed by atoms with Crippen molar-refractivity contribution in [3.05, 3.63) is 27.1 Å². The monoisotopic (exact) mass is 313 g/mol. The molecule has 3 nitrogen and oxygen atoms in total. The molecule has 0 radical (unpaired) electrons. The summed E-state index contributed by atoms with van der Waals surface area (Å²) in [5.74, 6) is -1.01. The molecule has 0 amide bonds. The van der Waals surface area contributed by atoms with Gasteiger partial charge in [0.05, 0.1) is 6.42 Å². The Morgan fingerprint density at radius 3 is 2.64 bits per heavy atom. The standard InChI is InChI=1S/C8H6F2INO2/c9-7(10)5-2-1-4(3-6(13)14)8(11)12-5/h1-2,7H,3H2,(H,13,14). The molecule has 0 aliphatic heterocycles. The van der Waals surface area contributed by atoms with Gasteiger partial charge in [-0.2, -0.15) is 0 Å². The lowest BCUT2D eigenvalue weighted by Crippen LogP contribution is -2.04. The van der Waals surface area contributed by atoms with E-state index in [1.165, 1.54) is 6.07 Å². The van der Waals surface area contributed by atoms with Crippen LogP contribution < -0.4 is 0 Å². The molecule has 0 bridgehead atoms. The van der Waals surface area contributed by atoms with Crippen molar-refractivity contribution >= 4 is 28.6 Å². The van der Waals surface area contributed by atoms with Crippen molar-refractivity contribution in [2.45, 2.75) is 12.8 Å². The Hall–Kier alpha value is -0.790. The molecule has 14 heavy (non-hydrogen) atoms. The number of halogens is 3. The van der Waals surface area contributed by atoms with Gasteiger partial charge in [-0.25, -0.2) is 13.8 Å². The Kier molecular flexibility index (Phi) is 3.73. The van der Waals surface area contributed by atoms with Crippen molar-refractivity contribution in [3.8, 4) is 0 Å². The molecule has 0 unspecified atom stereocenters. The van der Waals surface area contributed by atoms with Gasteiger partial charge in [0, 0.05) is 0 Å². The SMILES string of the molecule is O=C(O)Cc1ccc(C(F)F)nc1I. The maximum atomic E-state index is 12.2. The first-order valence-corrected chi connectivity index (χ1v) is 4.74. The summed E-state index contributed by atoms with van der Waals surface area (Å²) >= 11 is 1.74. The fraction of sp³-hybridized carbons (Fsp3) is 0.250. The maximum Gasteiger partial charge on any atom is 0.307 e. The molecule has 0 atom stereocenters. The molecule has 1 rings (SSSR count). The summed E-state index contributed by atoms with van der Waals surface area (Å²) in [4.78, 5) is 14.0. The third-order valence-corrected chi connectivity index (χ3v) is 2.45. The van der Waals surface area contributed by atoms with Crippen molar-refractivity contribution < 1.29 is 18.7 Å². The van der Waals surface area contributed by atoms with E-state index in [0.717, 1.165) is 6.07 Å². The van der Waals surface area contributed by atoms with Crippen molar-refractivity contribution in [3.63, 3.8) is 0 Å². The number of hydrogen-bond donors (Lipinski definition) is 1. The van der Waals surface area contributed by atoms with Gasteiger partial charge in [-0.05, 0) is 34.2 Å². The quantitative estimate of drug-likeness (QED) is 0.688. The van der Waals surface area contributed by atoms with E-state index in [-0.39, 0.29) is 12.1 Å². The molecule has 0 saturated carbocycles. The normalized spacial score (nSPS) is 10.6. The minimum atomic E-state index is -2.62. The summed E-state index contributed by atoms with van der Waals surface area (Å²) in [7, 11) is 0. The summed E-state index contributed by atoms with van der Waals surface area (Å²) in [6.07, 6.45) is -2.82. The molecule has 1 heterocycles. The summed E-state index contributed by atoms with van der Waals surface area (Å²) in [6.45, 7) is 0. The van der Waals surface area contributed by atoms with Crippen LogP contribution in [0.4, 0.5) is 8.78 Å². The Morgan fingerprint density at radius 1 is 1.57 bits per heavy atom. The van der Waals surface area contributed by atoms with Crippen molar-refractivity contribution in [2.75, 3.05) is 0 Å². The minimum Gasteiger partial charge on any atom is -0.481 e. The molecule has 0 spiro atoms. The lowest BCUT2D eigenvalue weighted by atomic mass is 10.2. The molecule has 1 aromatic heterocycles. The van der Waals surface area contributed by atoms with Gasteiger partial charge >= 0.3 is 5.97 Å². The number of hydrogen-bond acceptors (Lipinski definition) is 2. The van der Waals surface area contributed by atoms with E-state index in [2.05, 4.69) is 4.98 Å². The first-order valence-electron chi connectivity index (χ1n) is 3.66. The van der Waals surface area contributed by atoms with Crippen LogP contribution >= 0.6 is 22.6 Å².